The van der Waals surface area contributed by atoms with Crippen molar-refractivity contribution in [1.82, 2.24) is 9.97 Å². The summed E-state index contributed by atoms with van der Waals surface area (Å²) in [6.45, 7) is 0. The molecule has 0 radical (unpaired) electrons. The molecule has 0 saturated carbocycles. The first kappa shape index (κ1) is 9.88. The molecule has 2 rings (SSSR count). The Kier molecular flexibility index (Phi) is 1.92. The highest BCUT2D eigenvalue weighted by atomic mass is 19.4. The van der Waals surface area contributed by atoms with E-state index in [1.54, 1.807) is 0 Å². The lowest BCUT2D eigenvalue weighted by Crippen LogP contribution is -2.06. The van der Waals surface area contributed by atoms with Crippen molar-refractivity contribution in [3.05, 3.63) is 29.6 Å². The number of aromatic amines is 1. The molecule has 1 aromatic heterocycles. The maximum atomic E-state index is 13.0. The summed E-state index contributed by atoms with van der Waals surface area (Å²) in [5.41, 5.74) is -0.844. The summed E-state index contributed by atoms with van der Waals surface area (Å²) in [7, 11) is 0. The van der Waals surface area contributed by atoms with Gasteiger partial charge >= 0.3 is 6.18 Å². The molecule has 0 unspecified atom stereocenters. The fourth-order valence-corrected chi connectivity index (χ4v) is 1.15. The third kappa shape index (κ3) is 1.53. The van der Waals surface area contributed by atoms with Crippen molar-refractivity contribution in [3.63, 3.8) is 0 Å². The van der Waals surface area contributed by atoms with Crippen LogP contribution in [-0.4, -0.2) is 9.97 Å². The van der Waals surface area contributed by atoms with Crippen molar-refractivity contribution < 1.29 is 22.0 Å². The molecule has 0 aliphatic carbocycles. The van der Waals surface area contributed by atoms with Crippen LogP contribution in [0.4, 0.5) is 22.0 Å². The largest absolute Gasteiger partial charge is 0.449 e. The van der Waals surface area contributed by atoms with Crippen LogP contribution < -0.4 is 0 Å². The molecule has 0 fully saturated rings. The number of hydrogen-bond acceptors (Lipinski definition) is 1. The number of rotatable bonds is 0. The number of nitrogens with zero attached hydrogens (tertiary/aromatic N) is 1. The van der Waals surface area contributed by atoms with E-state index in [0.717, 1.165) is 12.1 Å². The van der Waals surface area contributed by atoms with E-state index in [-0.39, 0.29) is 5.52 Å². The quantitative estimate of drug-likeness (QED) is 0.682. The summed E-state index contributed by atoms with van der Waals surface area (Å²) in [5, 5.41) is 0. The second kappa shape index (κ2) is 2.91. The highest BCUT2D eigenvalue weighted by molar-refractivity contribution is 5.75. The number of imidazole rings is 1. The summed E-state index contributed by atoms with van der Waals surface area (Å²) in [6.07, 6.45) is -4.71. The minimum Gasteiger partial charge on any atom is -0.334 e. The maximum Gasteiger partial charge on any atom is 0.449 e. The van der Waals surface area contributed by atoms with E-state index in [4.69, 9.17) is 0 Å². The standard InChI is InChI=1S/C8H3F5N2/c9-3-1-2-4-6(5(3)10)15-7(14-4)8(11,12)13/h1-2H,(H,14,15). The zero-order valence-corrected chi connectivity index (χ0v) is 6.99. The fourth-order valence-electron chi connectivity index (χ4n) is 1.15. The van der Waals surface area contributed by atoms with Crippen molar-refractivity contribution in [1.29, 1.82) is 0 Å². The number of alkyl halides is 3. The molecule has 80 valence electrons. The van der Waals surface area contributed by atoms with E-state index >= 15 is 0 Å². The first-order valence-electron chi connectivity index (χ1n) is 3.80. The highest BCUT2D eigenvalue weighted by Gasteiger charge is 2.35. The number of halogens is 5. The number of fused-ring (bicyclic) bond motifs is 1. The monoisotopic (exact) mass is 222 g/mol. The molecule has 1 N–H and O–H groups in total. The van der Waals surface area contributed by atoms with Crippen LogP contribution in [0.15, 0.2) is 12.1 Å². The van der Waals surface area contributed by atoms with Crippen molar-refractivity contribution in [2.24, 2.45) is 0 Å². The maximum absolute atomic E-state index is 13.0. The molecule has 0 bridgehead atoms. The van der Waals surface area contributed by atoms with Crippen LogP contribution in [0.5, 0.6) is 0 Å². The Labute approximate surface area is 79.7 Å². The molecule has 7 heteroatoms. The average molecular weight is 222 g/mol. The van der Waals surface area contributed by atoms with Crippen LogP contribution in [-0.2, 0) is 6.18 Å². The first-order chi connectivity index (χ1) is 6.89. The molecule has 1 heterocycles. The van der Waals surface area contributed by atoms with Crippen LogP contribution in [0.2, 0.25) is 0 Å². The summed E-state index contributed by atoms with van der Waals surface area (Å²) in [4.78, 5) is 4.81. The number of benzene rings is 1. The molecule has 0 aliphatic heterocycles. The van der Waals surface area contributed by atoms with E-state index in [9.17, 15) is 22.0 Å². The molecule has 1 aromatic carbocycles. The fraction of sp³-hybridized carbons (Fsp3) is 0.125. The summed E-state index contributed by atoms with van der Waals surface area (Å²) < 4.78 is 62.1. The van der Waals surface area contributed by atoms with Gasteiger partial charge in [-0.05, 0) is 12.1 Å². The lowest BCUT2D eigenvalue weighted by atomic mass is 10.3. The smallest absolute Gasteiger partial charge is 0.334 e. The van der Waals surface area contributed by atoms with Crippen molar-refractivity contribution in [2.45, 2.75) is 6.18 Å². The van der Waals surface area contributed by atoms with Gasteiger partial charge in [0.2, 0.25) is 5.82 Å². The Bertz CT molecular complexity index is 513. The Hall–Kier alpha value is -1.66. The lowest BCUT2D eigenvalue weighted by Gasteiger charge is -1.98. The highest BCUT2D eigenvalue weighted by Crippen LogP contribution is 2.29. The van der Waals surface area contributed by atoms with E-state index in [2.05, 4.69) is 4.98 Å². The van der Waals surface area contributed by atoms with Gasteiger partial charge in [0.1, 0.15) is 5.52 Å². The van der Waals surface area contributed by atoms with Crippen LogP contribution in [0.1, 0.15) is 5.82 Å². The molecular weight excluding hydrogens is 219 g/mol. The molecule has 0 atom stereocenters. The van der Waals surface area contributed by atoms with Crippen LogP contribution in [0.25, 0.3) is 11.0 Å². The van der Waals surface area contributed by atoms with Gasteiger partial charge in [0.25, 0.3) is 0 Å². The van der Waals surface area contributed by atoms with E-state index in [1.807, 2.05) is 4.98 Å². The molecule has 0 spiro atoms. The Morgan fingerprint density at radius 2 is 1.80 bits per heavy atom. The van der Waals surface area contributed by atoms with E-state index in [0.29, 0.717) is 0 Å². The average Bonchev–Trinajstić information content (AvgIpc) is 2.55. The zero-order chi connectivity index (χ0) is 11.2. The van der Waals surface area contributed by atoms with E-state index < -0.39 is 29.2 Å². The van der Waals surface area contributed by atoms with Gasteiger partial charge in [-0.1, -0.05) is 0 Å². The molecule has 15 heavy (non-hydrogen) atoms. The summed E-state index contributed by atoms with van der Waals surface area (Å²) in [6, 6.07) is 1.73. The molecule has 0 saturated heterocycles. The van der Waals surface area contributed by atoms with Gasteiger partial charge in [-0.2, -0.15) is 13.2 Å². The van der Waals surface area contributed by atoms with Gasteiger partial charge in [-0.25, -0.2) is 13.8 Å². The topological polar surface area (TPSA) is 28.7 Å². The molecule has 0 aliphatic rings. The second-order valence-corrected chi connectivity index (χ2v) is 2.84. The predicted molar refractivity (Wildman–Crippen MR) is 41.0 cm³/mol. The molecule has 2 nitrogen and oxygen atoms in total. The Morgan fingerprint density at radius 3 is 2.40 bits per heavy atom. The first-order valence-corrected chi connectivity index (χ1v) is 3.80. The molecular formula is C8H3F5N2. The predicted octanol–water partition coefficient (Wildman–Crippen LogP) is 2.86. The van der Waals surface area contributed by atoms with Gasteiger partial charge in [0.15, 0.2) is 11.6 Å². The number of hydrogen-bond donors (Lipinski definition) is 1. The number of H-pyrrole nitrogens is 1. The van der Waals surface area contributed by atoms with Gasteiger partial charge in [0, 0.05) is 0 Å². The van der Waals surface area contributed by atoms with Gasteiger partial charge < -0.3 is 4.98 Å². The third-order valence-electron chi connectivity index (χ3n) is 1.81. The van der Waals surface area contributed by atoms with Crippen molar-refractivity contribution in [3.8, 4) is 0 Å². The van der Waals surface area contributed by atoms with E-state index in [1.165, 1.54) is 0 Å². The lowest BCUT2D eigenvalue weighted by molar-refractivity contribution is -0.144. The minimum absolute atomic E-state index is 0.193. The van der Waals surface area contributed by atoms with Gasteiger partial charge in [-0.3, -0.25) is 0 Å². The van der Waals surface area contributed by atoms with Crippen LogP contribution >= 0.6 is 0 Å². The van der Waals surface area contributed by atoms with Gasteiger partial charge in [0.05, 0.1) is 5.52 Å². The van der Waals surface area contributed by atoms with Crippen LogP contribution in [0.3, 0.4) is 0 Å². The molecule has 0 amide bonds. The minimum atomic E-state index is -4.71. The Balaban J connectivity index is 2.72. The number of aromatic nitrogens is 2. The number of nitrogens with one attached hydrogen (secondary N) is 1. The normalized spacial score (nSPS) is 12.3. The second-order valence-electron chi connectivity index (χ2n) is 2.84. The van der Waals surface area contributed by atoms with Crippen LogP contribution in [0, 0.1) is 11.6 Å². The Morgan fingerprint density at radius 1 is 1.13 bits per heavy atom. The SMILES string of the molecule is Fc1ccc2[nH]c(C(F)(F)F)nc2c1F. The summed E-state index contributed by atoms with van der Waals surface area (Å²) >= 11 is 0. The van der Waals surface area contributed by atoms with Crippen molar-refractivity contribution >= 4 is 11.0 Å². The molecule has 2 aromatic rings. The third-order valence-corrected chi connectivity index (χ3v) is 1.81. The van der Waals surface area contributed by atoms with Crippen molar-refractivity contribution in [2.75, 3.05) is 0 Å². The van der Waals surface area contributed by atoms with Gasteiger partial charge in [-0.15, -0.1) is 0 Å². The zero-order valence-electron chi connectivity index (χ0n) is 6.99. The summed E-state index contributed by atoms with van der Waals surface area (Å²) in [5.74, 6) is -3.97.